The molecule has 0 saturated heterocycles. The summed E-state index contributed by atoms with van der Waals surface area (Å²) in [5.74, 6) is 0.0663. The summed E-state index contributed by atoms with van der Waals surface area (Å²) in [6.07, 6.45) is 1.95. The zero-order chi connectivity index (χ0) is 17.4. The highest BCUT2D eigenvalue weighted by atomic mass is 35.5. The van der Waals surface area contributed by atoms with Crippen LogP contribution in [0.25, 0.3) is 5.52 Å². The van der Waals surface area contributed by atoms with E-state index in [1.165, 1.54) is 11.3 Å². The number of fused-ring (bicyclic) bond motifs is 1. The van der Waals surface area contributed by atoms with Crippen molar-refractivity contribution in [2.45, 2.75) is 16.7 Å². The minimum atomic E-state index is 0.0663. The van der Waals surface area contributed by atoms with Gasteiger partial charge in [-0.05, 0) is 60.3 Å². The number of halogens is 1. The number of carbonyl (C=O) groups excluding carboxylic acids is 1. The SMILES string of the molecule is Cc1c(Sc2ccc(Cl)cc2)c2ccccn2c1C(=O)c1cccs1. The first kappa shape index (κ1) is 16.5. The van der Waals surface area contributed by atoms with Crippen LogP contribution in [0.3, 0.4) is 0 Å². The van der Waals surface area contributed by atoms with Crippen molar-refractivity contribution < 1.29 is 4.79 Å². The third kappa shape index (κ3) is 3.01. The predicted octanol–water partition coefficient (Wildman–Crippen LogP) is 6.34. The van der Waals surface area contributed by atoms with Crippen molar-refractivity contribution in [1.82, 2.24) is 4.40 Å². The molecule has 0 aliphatic heterocycles. The Morgan fingerprint density at radius 1 is 1.08 bits per heavy atom. The largest absolute Gasteiger partial charge is 0.312 e. The lowest BCUT2D eigenvalue weighted by Crippen LogP contribution is -2.04. The molecule has 0 unspecified atom stereocenters. The second-order valence-electron chi connectivity index (χ2n) is 5.62. The fourth-order valence-corrected chi connectivity index (χ4v) is 4.68. The number of hydrogen-bond acceptors (Lipinski definition) is 3. The van der Waals surface area contributed by atoms with Gasteiger partial charge in [0.1, 0.15) is 0 Å². The van der Waals surface area contributed by atoms with E-state index in [1.807, 2.05) is 71.4 Å². The lowest BCUT2D eigenvalue weighted by Gasteiger charge is -2.02. The molecule has 0 bridgehead atoms. The maximum absolute atomic E-state index is 13.0. The first-order valence-corrected chi connectivity index (χ1v) is 9.84. The minimum Gasteiger partial charge on any atom is -0.312 e. The number of thiophene rings is 1. The van der Waals surface area contributed by atoms with Gasteiger partial charge in [0, 0.05) is 21.0 Å². The second-order valence-corrected chi connectivity index (χ2v) is 8.09. The number of pyridine rings is 1. The summed E-state index contributed by atoms with van der Waals surface area (Å²) in [5, 5.41) is 2.65. The van der Waals surface area contributed by atoms with Crippen LogP contribution in [-0.2, 0) is 0 Å². The summed E-state index contributed by atoms with van der Waals surface area (Å²) in [6.45, 7) is 2.02. The number of aromatic nitrogens is 1. The Bertz CT molecular complexity index is 1050. The van der Waals surface area contributed by atoms with Gasteiger partial charge in [0.2, 0.25) is 5.78 Å². The third-order valence-corrected chi connectivity index (χ3v) is 6.37. The van der Waals surface area contributed by atoms with Crippen LogP contribution in [0.1, 0.15) is 20.9 Å². The summed E-state index contributed by atoms with van der Waals surface area (Å²) >= 11 is 9.12. The van der Waals surface area contributed by atoms with Gasteiger partial charge in [-0.3, -0.25) is 4.79 Å². The monoisotopic (exact) mass is 383 g/mol. The van der Waals surface area contributed by atoms with Crippen molar-refractivity contribution in [3.63, 3.8) is 0 Å². The van der Waals surface area contributed by atoms with Crippen LogP contribution in [0.15, 0.2) is 76.0 Å². The molecule has 1 aromatic carbocycles. The molecule has 0 radical (unpaired) electrons. The van der Waals surface area contributed by atoms with Crippen molar-refractivity contribution in [3.05, 3.63) is 87.3 Å². The molecule has 0 spiro atoms. The zero-order valence-corrected chi connectivity index (χ0v) is 15.8. The highest BCUT2D eigenvalue weighted by Gasteiger charge is 2.22. The summed E-state index contributed by atoms with van der Waals surface area (Å²) in [6, 6.07) is 17.6. The Morgan fingerprint density at radius 2 is 1.88 bits per heavy atom. The standard InChI is InChI=1S/C20H14ClNOS2/c1-13-18(19(23)17-6-4-12-24-17)22-11-3-2-5-16(22)20(13)25-15-9-7-14(21)8-10-15/h2-12H,1H3. The van der Waals surface area contributed by atoms with Gasteiger partial charge >= 0.3 is 0 Å². The Hall–Kier alpha value is -2.01. The van der Waals surface area contributed by atoms with E-state index in [4.69, 9.17) is 11.6 Å². The number of benzene rings is 1. The molecule has 4 aromatic rings. The molecule has 0 N–H and O–H groups in total. The van der Waals surface area contributed by atoms with Gasteiger partial charge in [0.15, 0.2) is 0 Å². The molecule has 25 heavy (non-hydrogen) atoms. The Balaban J connectivity index is 1.86. The summed E-state index contributed by atoms with van der Waals surface area (Å²) in [5.41, 5.74) is 2.78. The molecule has 0 fully saturated rings. The fraction of sp³-hybridized carbons (Fsp3) is 0.0500. The number of ketones is 1. The van der Waals surface area contributed by atoms with Gasteiger partial charge < -0.3 is 4.40 Å². The summed E-state index contributed by atoms with van der Waals surface area (Å²) < 4.78 is 2.00. The van der Waals surface area contributed by atoms with Gasteiger partial charge in [-0.2, -0.15) is 0 Å². The van der Waals surface area contributed by atoms with E-state index in [0.29, 0.717) is 0 Å². The molecule has 2 nitrogen and oxygen atoms in total. The van der Waals surface area contributed by atoms with Crippen LogP contribution in [0.2, 0.25) is 5.02 Å². The van der Waals surface area contributed by atoms with E-state index < -0.39 is 0 Å². The van der Waals surface area contributed by atoms with E-state index in [-0.39, 0.29) is 5.78 Å². The lowest BCUT2D eigenvalue weighted by atomic mass is 10.1. The van der Waals surface area contributed by atoms with E-state index in [1.54, 1.807) is 11.8 Å². The predicted molar refractivity (Wildman–Crippen MR) is 105 cm³/mol. The quantitative estimate of drug-likeness (QED) is 0.383. The van der Waals surface area contributed by atoms with Crippen LogP contribution in [0, 0.1) is 6.92 Å². The smallest absolute Gasteiger partial charge is 0.219 e. The average molecular weight is 384 g/mol. The maximum atomic E-state index is 13.0. The topological polar surface area (TPSA) is 21.5 Å². The van der Waals surface area contributed by atoms with E-state index in [0.717, 1.165) is 36.5 Å². The van der Waals surface area contributed by atoms with Gasteiger partial charge in [0.05, 0.1) is 16.1 Å². The Morgan fingerprint density at radius 3 is 2.60 bits per heavy atom. The average Bonchev–Trinajstić information content (AvgIpc) is 3.24. The van der Waals surface area contributed by atoms with E-state index in [9.17, 15) is 4.79 Å². The zero-order valence-electron chi connectivity index (χ0n) is 13.4. The molecule has 0 saturated carbocycles. The fourth-order valence-electron chi connectivity index (χ4n) is 2.86. The first-order chi connectivity index (χ1) is 12.1. The van der Waals surface area contributed by atoms with Crippen molar-refractivity contribution in [2.24, 2.45) is 0 Å². The Labute approximate surface area is 159 Å². The van der Waals surface area contributed by atoms with E-state index in [2.05, 4.69) is 6.07 Å². The third-order valence-electron chi connectivity index (χ3n) is 4.02. The molecular formula is C20H14ClNOS2. The molecule has 0 amide bonds. The molecule has 0 atom stereocenters. The van der Waals surface area contributed by atoms with Crippen LogP contribution in [0.4, 0.5) is 0 Å². The van der Waals surface area contributed by atoms with Crippen LogP contribution >= 0.6 is 34.7 Å². The normalized spacial score (nSPS) is 11.1. The van der Waals surface area contributed by atoms with Crippen LogP contribution < -0.4 is 0 Å². The highest BCUT2D eigenvalue weighted by molar-refractivity contribution is 7.99. The van der Waals surface area contributed by atoms with Crippen LogP contribution in [-0.4, -0.2) is 10.2 Å². The summed E-state index contributed by atoms with van der Waals surface area (Å²) in [4.78, 5) is 16.0. The van der Waals surface area contributed by atoms with Crippen molar-refractivity contribution in [2.75, 3.05) is 0 Å². The molecule has 3 heterocycles. The molecule has 0 aliphatic carbocycles. The lowest BCUT2D eigenvalue weighted by molar-refractivity contribution is 0.103. The molecule has 0 aliphatic rings. The molecule has 3 aromatic heterocycles. The maximum Gasteiger partial charge on any atom is 0.219 e. The van der Waals surface area contributed by atoms with Gasteiger partial charge in [-0.1, -0.05) is 35.5 Å². The van der Waals surface area contributed by atoms with Crippen molar-refractivity contribution >= 4 is 46.0 Å². The van der Waals surface area contributed by atoms with Crippen LogP contribution in [0.5, 0.6) is 0 Å². The highest BCUT2D eigenvalue weighted by Crippen LogP contribution is 2.38. The number of rotatable bonds is 4. The Kier molecular flexibility index (Phi) is 4.42. The van der Waals surface area contributed by atoms with Gasteiger partial charge in [0.25, 0.3) is 0 Å². The minimum absolute atomic E-state index is 0.0663. The molecule has 4 rings (SSSR count). The molecule has 124 valence electrons. The number of carbonyl (C=O) groups is 1. The number of nitrogens with zero attached hydrogens (tertiary/aromatic N) is 1. The van der Waals surface area contributed by atoms with Gasteiger partial charge in [-0.25, -0.2) is 0 Å². The molecular weight excluding hydrogens is 370 g/mol. The first-order valence-electron chi connectivity index (χ1n) is 7.76. The summed E-state index contributed by atoms with van der Waals surface area (Å²) in [7, 11) is 0. The van der Waals surface area contributed by atoms with Crippen molar-refractivity contribution in [3.8, 4) is 0 Å². The second kappa shape index (κ2) is 6.71. The number of hydrogen-bond donors (Lipinski definition) is 0. The van der Waals surface area contributed by atoms with Crippen molar-refractivity contribution in [1.29, 1.82) is 0 Å². The van der Waals surface area contributed by atoms with E-state index >= 15 is 0 Å². The molecule has 5 heteroatoms. The van der Waals surface area contributed by atoms with Gasteiger partial charge in [-0.15, -0.1) is 11.3 Å².